The molecule has 0 spiro atoms. The molecule has 0 atom stereocenters. The fourth-order valence-corrected chi connectivity index (χ4v) is 4.96. The number of piperidine rings is 1. The molecule has 2 aliphatic rings. The summed E-state index contributed by atoms with van der Waals surface area (Å²) in [6, 6.07) is 11.7. The van der Waals surface area contributed by atoms with Crippen LogP contribution >= 0.6 is 23.7 Å². The second kappa shape index (κ2) is 9.12. The van der Waals surface area contributed by atoms with Crippen molar-refractivity contribution >= 4 is 29.4 Å². The number of thiophene rings is 1. The van der Waals surface area contributed by atoms with E-state index in [1.54, 1.807) is 7.11 Å². The monoisotopic (exact) mass is 392 g/mol. The van der Waals surface area contributed by atoms with Crippen LogP contribution in [0.2, 0.25) is 0 Å². The van der Waals surface area contributed by atoms with Crippen LogP contribution in [0.5, 0.6) is 5.75 Å². The van der Waals surface area contributed by atoms with Crippen LogP contribution < -0.4 is 9.64 Å². The lowest BCUT2D eigenvalue weighted by Gasteiger charge is -2.42. The summed E-state index contributed by atoms with van der Waals surface area (Å²) in [6.45, 7) is 4.86. The Bertz CT molecular complexity index is 683. The number of ether oxygens (including phenoxy) is 1. The van der Waals surface area contributed by atoms with Crippen molar-refractivity contribution in [3.05, 3.63) is 46.2 Å². The lowest BCUT2D eigenvalue weighted by atomic mass is 9.95. The number of likely N-dealkylation sites (tertiary alicyclic amines) is 1. The maximum atomic E-state index is 5.47. The molecule has 1 fully saturated rings. The number of hydrogen-bond donors (Lipinski definition) is 0. The zero-order valence-corrected chi connectivity index (χ0v) is 17.2. The highest BCUT2D eigenvalue weighted by Crippen LogP contribution is 2.34. The van der Waals surface area contributed by atoms with Crippen LogP contribution in [0.3, 0.4) is 0 Å². The van der Waals surface area contributed by atoms with E-state index < -0.39 is 0 Å². The molecule has 3 heterocycles. The van der Waals surface area contributed by atoms with Gasteiger partial charge < -0.3 is 14.5 Å². The van der Waals surface area contributed by atoms with Gasteiger partial charge in [0.2, 0.25) is 0 Å². The van der Waals surface area contributed by atoms with Gasteiger partial charge in [0.25, 0.3) is 0 Å². The van der Waals surface area contributed by atoms with E-state index in [9.17, 15) is 0 Å². The molecule has 26 heavy (non-hydrogen) atoms. The Morgan fingerprint density at radius 3 is 2.73 bits per heavy atom. The van der Waals surface area contributed by atoms with Gasteiger partial charge in [0.05, 0.1) is 7.11 Å². The van der Waals surface area contributed by atoms with Gasteiger partial charge in [-0.25, -0.2) is 0 Å². The third-order valence-electron chi connectivity index (χ3n) is 5.70. The summed E-state index contributed by atoms with van der Waals surface area (Å²) in [7, 11) is 1.76. The molecule has 1 aromatic carbocycles. The van der Waals surface area contributed by atoms with Gasteiger partial charge in [-0.1, -0.05) is 12.1 Å². The first-order chi connectivity index (χ1) is 12.3. The summed E-state index contributed by atoms with van der Waals surface area (Å²) in [5.41, 5.74) is 2.91. The van der Waals surface area contributed by atoms with Crippen LogP contribution in [-0.4, -0.2) is 44.2 Å². The van der Waals surface area contributed by atoms with Crippen LogP contribution in [-0.2, 0) is 12.8 Å². The van der Waals surface area contributed by atoms with Crippen LogP contribution in [0.4, 0.5) is 5.69 Å². The Morgan fingerprint density at radius 1 is 1.15 bits per heavy atom. The predicted molar refractivity (Wildman–Crippen MR) is 113 cm³/mol. The minimum Gasteiger partial charge on any atom is -0.497 e. The zero-order chi connectivity index (χ0) is 17.1. The third kappa shape index (κ3) is 4.36. The molecule has 0 radical (unpaired) electrons. The van der Waals surface area contributed by atoms with Gasteiger partial charge in [-0.3, -0.25) is 0 Å². The van der Waals surface area contributed by atoms with Gasteiger partial charge in [0.15, 0.2) is 0 Å². The number of anilines is 1. The average molecular weight is 393 g/mol. The Kier molecular flexibility index (Phi) is 6.85. The third-order valence-corrected chi connectivity index (χ3v) is 6.64. The molecular weight excluding hydrogens is 364 g/mol. The summed E-state index contributed by atoms with van der Waals surface area (Å²) in [5, 5.41) is 2.18. The van der Waals surface area contributed by atoms with Crippen LogP contribution in [0.25, 0.3) is 0 Å². The van der Waals surface area contributed by atoms with Crippen molar-refractivity contribution in [1.29, 1.82) is 0 Å². The number of benzene rings is 1. The SMILES string of the molecule is COc1ccc2c(c1)N(C1CCN(CCc3cccs3)CC1)CCC2.Cl. The molecule has 0 unspecified atom stereocenters. The fraction of sp³-hybridized carbons (Fsp3) is 0.524. The Hall–Kier alpha value is -1.23. The van der Waals surface area contributed by atoms with Crippen molar-refractivity contribution in [2.45, 2.75) is 38.1 Å². The Morgan fingerprint density at radius 2 is 2.00 bits per heavy atom. The molecule has 4 rings (SSSR count). The molecule has 5 heteroatoms. The molecule has 1 aromatic heterocycles. The first-order valence-corrected chi connectivity index (χ1v) is 10.4. The number of rotatable bonds is 5. The molecule has 0 saturated carbocycles. The second-order valence-electron chi connectivity index (χ2n) is 7.19. The average Bonchev–Trinajstić information content (AvgIpc) is 3.19. The molecule has 0 aliphatic carbocycles. The van der Waals surface area contributed by atoms with Crippen LogP contribution in [0.15, 0.2) is 35.7 Å². The largest absolute Gasteiger partial charge is 0.497 e. The first kappa shape index (κ1) is 19.5. The maximum absolute atomic E-state index is 5.47. The first-order valence-electron chi connectivity index (χ1n) is 9.52. The number of methoxy groups -OCH3 is 1. The number of hydrogen-bond acceptors (Lipinski definition) is 4. The summed E-state index contributed by atoms with van der Waals surface area (Å²) in [6.07, 6.45) is 6.24. The van der Waals surface area contributed by atoms with Gasteiger partial charge in [0.1, 0.15) is 5.75 Å². The van der Waals surface area contributed by atoms with Crippen molar-refractivity contribution in [1.82, 2.24) is 4.90 Å². The van der Waals surface area contributed by atoms with Gasteiger partial charge in [-0.15, -0.1) is 23.7 Å². The molecule has 0 N–H and O–H groups in total. The van der Waals surface area contributed by atoms with Crippen molar-refractivity contribution in [3.63, 3.8) is 0 Å². The highest BCUT2D eigenvalue weighted by Gasteiger charge is 2.28. The maximum Gasteiger partial charge on any atom is 0.120 e. The van der Waals surface area contributed by atoms with Gasteiger partial charge in [-0.2, -0.15) is 0 Å². The van der Waals surface area contributed by atoms with E-state index >= 15 is 0 Å². The van der Waals surface area contributed by atoms with E-state index in [1.165, 1.54) is 74.4 Å². The number of aryl methyl sites for hydroxylation is 1. The Labute approximate surface area is 167 Å². The summed E-state index contributed by atoms with van der Waals surface area (Å²) in [5.74, 6) is 0.985. The van der Waals surface area contributed by atoms with E-state index in [-0.39, 0.29) is 12.4 Å². The van der Waals surface area contributed by atoms with E-state index in [4.69, 9.17) is 4.74 Å². The standard InChI is InChI=1S/C21H28N2OS.ClH/c1-24-19-7-6-17-4-2-11-23(21(17)16-19)18-8-12-22(13-9-18)14-10-20-5-3-15-25-20;/h3,5-7,15-16,18H,2,4,8-14H2,1H3;1H. The van der Waals surface area contributed by atoms with Gasteiger partial charge in [-0.05, 0) is 55.2 Å². The van der Waals surface area contributed by atoms with Crippen molar-refractivity contribution < 1.29 is 4.74 Å². The minimum atomic E-state index is 0. The van der Waals surface area contributed by atoms with E-state index in [2.05, 4.69) is 45.5 Å². The molecule has 0 bridgehead atoms. The normalized spacial score (nSPS) is 18.3. The molecule has 1 saturated heterocycles. The fourth-order valence-electron chi connectivity index (χ4n) is 4.27. The molecule has 0 amide bonds. The van der Waals surface area contributed by atoms with Crippen LogP contribution in [0.1, 0.15) is 29.7 Å². The quantitative estimate of drug-likeness (QED) is 0.737. The molecule has 142 valence electrons. The molecule has 2 aromatic rings. The van der Waals surface area contributed by atoms with E-state index in [1.807, 2.05) is 11.3 Å². The number of fused-ring (bicyclic) bond motifs is 1. The smallest absolute Gasteiger partial charge is 0.120 e. The predicted octanol–water partition coefficient (Wildman–Crippen LogP) is 4.64. The summed E-state index contributed by atoms with van der Waals surface area (Å²) in [4.78, 5) is 6.82. The number of halogens is 1. The van der Waals surface area contributed by atoms with E-state index in [0.29, 0.717) is 6.04 Å². The van der Waals surface area contributed by atoms with Gasteiger partial charge in [0, 0.05) is 48.9 Å². The van der Waals surface area contributed by atoms with Crippen molar-refractivity contribution in [3.8, 4) is 5.75 Å². The Balaban J connectivity index is 0.00000196. The van der Waals surface area contributed by atoms with Crippen LogP contribution in [0, 0.1) is 0 Å². The highest BCUT2D eigenvalue weighted by atomic mass is 35.5. The number of nitrogens with zero attached hydrogens (tertiary/aromatic N) is 2. The molecular formula is C21H29ClN2OS. The highest BCUT2D eigenvalue weighted by molar-refractivity contribution is 7.09. The summed E-state index contributed by atoms with van der Waals surface area (Å²) < 4.78 is 5.47. The second-order valence-corrected chi connectivity index (χ2v) is 8.23. The van der Waals surface area contributed by atoms with Crippen molar-refractivity contribution in [2.24, 2.45) is 0 Å². The lowest BCUT2D eigenvalue weighted by molar-refractivity contribution is 0.210. The molecule has 3 nitrogen and oxygen atoms in total. The lowest BCUT2D eigenvalue weighted by Crippen LogP contribution is -2.47. The zero-order valence-electron chi connectivity index (χ0n) is 15.5. The topological polar surface area (TPSA) is 15.7 Å². The van der Waals surface area contributed by atoms with E-state index in [0.717, 1.165) is 5.75 Å². The molecule has 2 aliphatic heterocycles. The summed E-state index contributed by atoms with van der Waals surface area (Å²) >= 11 is 1.88. The van der Waals surface area contributed by atoms with Crippen molar-refractivity contribution in [2.75, 3.05) is 38.2 Å². The minimum absolute atomic E-state index is 0. The van der Waals surface area contributed by atoms with Gasteiger partial charge >= 0.3 is 0 Å².